The summed E-state index contributed by atoms with van der Waals surface area (Å²) in [6, 6.07) is 10.8. The van der Waals surface area contributed by atoms with E-state index in [0.29, 0.717) is 5.69 Å². The second-order valence-electron chi connectivity index (χ2n) is 6.43. The molecule has 0 aromatic heterocycles. The lowest BCUT2D eigenvalue weighted by Gasteiger charge is -2.16. The van der Waals surface area contributed by atoms with Gasteiger partial charge in [0.05, 0.1) is 4.92 Å². The van der Waals surface area contributed by atoms with Gasteiger partial charge in [0.25, 0.3) is 11.6 Å². The lowest BCUT2D eigenvalue weighted by Crippen LogP contribution is -2.32. The predicted octanol–water partition coefficient (Wildman–Crippen LogP) is 3.81. The summed E-state index contributed by atoms with van der Waals surface area (Å²) in [4.78, 5) is 36.8. The van der Waals surface area contributed by atoms with Crippen molar-refractivity contribution < 1.29 is 14.5 Å². The van der Waals surface area contributed by atoms with Crippen molar-refractivity contribution in [3.8, 4) is 0 Å². The van der Waals surface area contributed by atoms with Crippen LogP contribution in [0.15, 0.2) is 42.5 Å². The van der Waals surface area contributed by atoms with Gasteiger partial charge in [0.1, 0.15) is 5.56 Å². The molecule has 0 spiro atoms. The lowest BCUT2D eigenvalue weighted by atomic mass is 10.1. The number of rotatable bonds is 5. The molecule has 2 aromatic carbocycles. The Kier molecular flexibility index (Phi) is 6.10. The Morgan fingerprint density at radius 1 is 1.14 bits per heavy atom. The Morgan fingerprint density at radius 2 is 1.89 bits per heavy atom. The summed E-state index contributed by atoms with van der Waals surface area (Å²) in [6.07, 6.45) is 2.02. The molecule has 8 nitrogen and oxygen atoms in total. The fourth-order valence-electron chi connectivity index (χ4n) is 3.01. The monoisotopic (exact) mass is 402 g/mol. The average Bonchev–Trinajstić information content (AvgIpc) is 3.21. The summed E-state index contributed by atoms with van der Waals surface area (Å²) in [5, 5.41) is 16.8. The van der Waals surface area contributed by atoms with Gasteiger partial charge in [0.2, 0.25) is 0 Å². The molecule has 2 N–H and O–H groups in total. The number of carbonyl (C=O) groups excluding carboxylic acids is 2. The number of hydrogen-bond donors (Lipinski definition) is 2. The van der Waals surface area contributed by atoms with Crippen LogP contribution >= 0.6 is 11.6 Å². The summed E-state index contributed by atoms with van der Waals surface area (Å²) in [7, 11) is 0. The van der Waals surface area contributed by atoms with Gasteiger partial charge in [-0.15, -0.1) is 0 Å². The van der Waals surface area contributed by atoms with Gasteiger partial charge in [-0.25, -0.2) is 4.79 Å². The first kappa shape index (κ1) is 19.6. The van der Waals surface area contributed by atoms with Crippen LogP contribution in [0.5, 0.6) is 0 Å². The van der Waals surface area contributed by atoms with Crippen LogP contribution in [0.25, 0.3) is 0 Å². The third-order valence-electron chi connectivity index (χ3n) is 4.43. The van der Waals surface area contributed by atoms with Crippen LogP contribution < -0.4 is 10.6 Å². The quantitative estimate of drug-likeness (QED) is 0.586. The van der Waals surface area contributed by atoms with E-state index in [0.717, 1.165) is 37.6 Å². The van der Waals surface area contributed by atoms with Gasteiger partial charge in [-0.3, -0.25) is 14.9 Å². The zero-order chi connectivity index (χ0) is 20.1. The third-order valence-corrected chi connectivity index (χ3v) is 4.66. The van der Waals surface area contributed by atoms with E-state index in [1.54, 1.807) is 29.2 Å². The number of benzene rings is 2. The molecule has 1 saturated heterocycles. The van der Waals surface area contributed by atoms with Crippen LogP contribution in [-0.2, 0) is 6.54 Å². The highest BCUT2D eigenvalue weighted by Crippen LogP contribution is 2.23. The topological polar surface area (TPSA) is 105 Å². The zero-order valence-corrected chi connectivity index (χ0v) is 15.7. The highest BCUT2D eigenvalue weighted by Gasteiger charge is 2.21. The number of carbonyl (C=O) groups is 2. The fourth-order valence-corrected chi connectivity index (χ4v) is 3.17. The summed E-state index contributed by atoms with van der Waals surface area (Å²) in [5.74, 6) is -0.574. The third kappa shape index (κ3) is 4.77. The molecule has 3 amide bonds. The minimum atomic E-state index is -0.644. The molecule has 9 heteroatoms. The standard InChI is InChI=1S/C19H19ClN4O4/c20-14-6-7-16(17(11-14)24(27)28)18(25)21-12-13-4-3-5-15(10-13)22-19(26)23-8-1-2-9-23/h3-7,10-11H,1-2,8-9,12H2,(H,21,25)(H,22,26). The van der Waals surface area contributed by atoms with Crippen LogP contribution in [0.2, 0.25) is 5.02 Å². The largest absolute Gasteiger partial charge is 0.348 e. The minimum Gasteiger partial charge on any atom is -0.348 e. The van der Waals surface area contributed by atoms with Gasteiger partial charge >= 0.3 is 6.03 Å². The number of anilines is 1. The van der Waals surface area contributed by atoms with Crippen LogP contribution in [0.1, 0.15) is 28.8 Å². The Bertz CT molecular complexity index is 913. The number of amides is 3. The normalized spacial score (nSPS) is 13.2. The summed E-state index contributed by atoms with van der Waals surface area (Å²) < 4.78 is 0. The fraction of sp³-hybridized carbons (Fsp3) is 0.263. The maximum absolute atomic E-state index is 12.4. The Balaban J connectivity index is 1.64. The molecule has 1 heterocycles. The van der Waals surface area contributed by atoms with Crippen LogP contribution in [0.3, 0.4) is 0 Å². The lowest BCUT2D eigenvalue weighted by molar-refractivity contribution is -0.385. The molecule has 0 bridgehead atoms. The van der Waals surface area contributed by atoms with Gasteiger partial charge < -0.3 is 15.5 Å². The first-order chi connectivity index (χ1) is 13.4. The van der Waals surface area contributed by atoms with Crippen LogP contribution in [0, 0.1) is 10.1 Å². The van der Waals surface area contributed by atoms with E-state index in [-0.39, 0.29) is 28.8 Å². The summed E-state index contributed by atoms with van der Waals surface area (Å²) >= 11 is 5.77. The highest BCUT2D eigenvalue weighted by molar-refractivity contribution is 6.31. The number of nitrogens with one attached hydrogen (secondary N) is 2. The molecule has 0 unspecified atom stereocenters. The molecule has 146 valence electrons. The first-order valence-electron chi connectivity index (χ1n) is 8.81. The van der Waals surface area contributed by atoms with Crippen LogP contribution in [0.4, 0.5) is 16.2 Å². The Hall–Kier alpha value is -3.13. The molecule has 0 atom stereocenters. The zero-order valence-electron chi connectivity index (χ0n) is 15.0. The van der Waals surface area contributed by atoms with Crippen molar-refractivity contribution in [2.75, 3.05) is 18.4 Å². The van der Waals surface area contributed by atoms with E-state index in [9.17, 15) is 19.7 Å². The SMILES string of the molecule is O=C(NCc1cccc(NC(=O)N2CCCC2)c1)c1ccc(Cl)cc1[N+](=O)[O-]. The summed E-state index contributed by atoms with van der Waals surface area (Å²) in [6.45, 7) is 1.66. The van der Waals surface area contributed by atoms with Crippen molar-refractivity contribution in [2.24, 2.45) is 0 Å². The van der Waals surface area contributed by atoms with Crippen molar-refractivity contribution in [2.45, 2.75) is 19.4 Å². The molecule has 1 fully saturated rings. The van der Waals surface area contributed by atoms with Gasteiger partial charge in [-0.2, -0.15) is 0 Å². The highest BCUT2D eigenvalue weighted by atomic mass is 35.5. The molecule has 1 aliphatic rings. The molecule has 0 radical (unpaired) electrons. The van der Waals surface area contributed by atoms with Crippen molar-refractivity contribution in [1.29, 1.82) is 0 Å². The van der Waals surface area contributed by atoms with Gasteiger partial charge in [-0.1, -0.05) is 23.7 Å². The molecular formula is C19H19ClN4O4. The van der Waals surface area contributed by atoms with E-state index in [2.05, 4.69) is 10.6 Å². The second-order valence-corrected chi connectivity index (χ2v) is 6.86. The summed E-state index contributed by atoms with van der Waals surface area (Å²) in [5.41, 5.74) is 0.967. The van der Waals surface area contributed by atoms with Gasteiger partial charge in [0, 0.05) is 36.4 Å². The molecule has 2 aromatic rings. The van der Waals surface area contributed by atoms with Crippen molar-refractivity contribution in [3.05, 3.63) is 68.7 Å². The maximum atomic E-state index is 12.4. The van der Waals surface area contributed by atoms with E-state index >= 15 is 0 Å². The van der Waals surface area contributed by atoms with Gasteiger partial charge in [-0.05, 0) is 42.7 Å². The molecular weight excluding hydrogens is 384 g/mol. The number of urea groups is 1. The number of nitrogens with zero attached hydrogens (tertiary/aromatic N) is 2. The number of halogens is 1. The van der Waals surface area contributed by atoms with Crippen molar-refractivity contribution in [1.82, 2.24) is 10.2 Å². The molecule has 1 aliphatic heterocycles. The predicted molar refractivity (Wildman–Crippen MR) is 106 cm³/mol. The van der Waals surface area contributed by atoms with E-state index in [1.165, 1.54) is 12.1 Å². The average molecular weight is 403 g/mol. The van der Waals surface area contributed by atoms with Gasteiger partial charge in [0.15, 0.2) is 0 Å². The first-order valence-corrected chi connectivity index (χ1v) is 9.19. The second kappa shape index (κ2) is 8.71. The molecule has 0 saturated carbocycles. The van der Waals surface area contributed by atoms with E-state index < -0.39 is 10.8 Å². The molecule has 0 aliphatic carbocycles. The van der Waals surface area contributed by atoms with E-state index in [4.69, 9.17) is 11.6 Å². The maximum Gasteiger partial charge on any atom is 0.321 e. The van der Waals surface area contributed by atoms with Crippen molar-refractivity contribution in [3.63, 3.8) is 0 Å². The van der Waals surface area contributed by atoms with E-state index in [1.807, 2.05) is 0 Å². The number of likely N-dealkylation sites (tertiary alicyclic amines) is 1. The number of nitro benzene ring substituents is 1. The minimum absolute atomic E-state index is 0.0621. The molecule has 3 rings (SSSR count). The molecule has 28 heavy (non-hydrogen) atoms. The van der Waals surface area contributed by atoms with Crippen LogP contribution in [-0.4, -0.2) is 34.9 Å². The van der Waals surface area contributed by atoms with Crippen molar-refractivity contribution >= 4 is 34.9 Å². The Morgan fingerprint density at radius 3 is 2.61 bits per heavy atom. The number of hydrogen-bond acceptors (Lipinski definition) is 4. The smallest absolute Gasteiger partial charge is 0.321 e. The Labute approximate surface area is 166 Å². The number of nitro groups is 1.